The first-order valence-electron chi connectivity index (χ1n) is 7.60. The summed E-state index contributed by atoms with van der Waals surface area (Å²) in [5, 5.41) is 12.4. The molecule has 0 radical (unpaired) electrons. The minimum atomic E-state index is -4.66. The van der Waals surface area contributed by atoms with Gasteiger partial charge in [-0.15, -0.1) is 0 Å². The third kappa shape index (κ3) is 3.78. The topological polar surface area (TPSA) is 112 Å². The standard InChI is InChI=1S/C15H12F4N4O4S/c16-10-4-8(6-21-14-9(15(17,18)19)2-1-3-20-14)5-11(24)13(10)23-7-12(25)22-28(23,26)27/h1-5,24H,6-7H2,(H,20,21)(H,22,25). The number of carbonyl (C=O) groups excluding carboxylic acids is 1. The third-order valence-corrected chi connectivity index (χ3v) is 5.12. The molecule has 0 spiro atoms. The largest absolute Gasteiger partial charge is 0.506 e. The van der Waals surface area contributed by atoms with Crippen molar-refractivity contribution in [1.82, 2.24) is 9.71 Å². The second-order valence-corrected chi connectivity index (χ2v) is 7.33. The SMILES string of the molecule is O=C1CN(c2c(O)cc(CNc3ncccc3C(F)(F)F)cc2F)S(=O)(=O)N1. The van der Waals surface area contributed by atoms with Crippen LogP contribution in [0.1, 0.15) is 11.1 Å². The predicted octanol–water partition coefficient (Wildman–Crippen LogP) is 1.74. The molecule has 1 saturated heterocycles. The molecule has 2 aromatic rings. The van der Waals surface area contributed by atoms with Crippen LogP contribution in [0.15, 0.2) is 30.5 Å². The van der Waals surface area contributed by atoms with E-state index in [1.807, 2.05) is 0 Å². The van der Waals surface area contributed by atoms with Crippen LogP contribution in [0.4, 0.5) is 29.1 Å². The average Bonchev–Trinajstić information content (AvgIpc) is 2.84. The summed E-state index contributed by atoms with van der Waals surface area (Å²) < 4.78 is 78.8. The molecule has 0 saturated carbocycles. The molecule has 1 fully saturated rings. The first-order chi connectivity index (χ1) is 13.0. The average molecular weight is 420 g/mol. The number of alkyl halides is 3. The van der Waals surface area contributed by atoms with Crippen LogP contribution in [0.3, 0.4) is 0 Å². The molecule has 0 atom stereocenters. The van der Waals surface area contributed by atoms with Crippen LogP contribution in [0.2, 0.25) is 0 Å². The number of benzene rings is 1. The van der Waals surface area contributed by atoms with Gasteiger partial charge in [0.1, 0.15) is 23.8 Å². The predicted molar refractivity (Wildman–Crippen MR) is 89.0 cm³/mol. The van der Waals surface area contributed by atoms with Gasteiger partial charge in [-0.25, -0.2) is 18.4 Å². The Morgan fingerprint density at radius 3 is 2.61 bits per heavy atom. The Bertz CT molecular complexity index is 1020. The zero-order valence-corrected chi connectivity index (χ0v) is 14.6. The fourth-order valence-corrected chi connectivity index (χ4v) is 3.77. The van der Waals surface area contributed by atoms with E-state index in [1.165, 1.54) is 0 Å². The fourth-order valence-electron chi connectivity index (χ4n) is 2.59. The van der Waals surface area contributed by atoms with E-state index in [-0.39, 0.29) is 12.1 Å². The number of hydrogen-bond acceptors (Lipinski definition) is 6. The number of anilines is 2. The zero-order chi connectivity index (χ0) is 20.7. The lowest BCUT2D eigenvalue weighted by Crippen LogP contribution is -2.30. The van der Waals surface area contributed by atoms with Gasteiger partial charge >= 0.3 is 16.4 Å². The molecule has 1 aromatic heterocycles. The molecule has 150 valence electrons. The summed E-state index contributed by atoms with van der Waals surface area (Å²) in [6.45, 7) is -1.05. The summed E-state index contributed by atoms with van der Waals surface area (Å²) in [6.07, 6.45) is -3.52. The van der Waals surface area contributed by atoms with Crippen molar-refractivity contribution < 1.29 is 35.9 Å². The number of phenolic OH excluding ortho intramolecular Hbond substituents is 1. The molecule has 3 rings (SSSR count). The summed E-state index contributed by atoms with van der Waals surface area (Å²) in [5.74, 6) is -3.36. The fraction of sp³-hybridized carbons (Fsp3) is 0.200. The van der Waals surface area contributed by atoms with Gasteiger partial charge in [0.2, 0.25) is 0 Å². The minimum Gasteiger partial charge on any atom is -0.506 e. The van der Waals surface area contributed by atoms with Crippen molar-refractivity contribution in [2.75, 3.05) is 16.2 Å². The van der Waals surface area contributed by atoms with Crippen molar-refractivity contribution in [2.24, 2.45) is 0 Å². The normalized spacial score (nSPS) is 16.1. The monoisotopic (exact) mass is 420 g/mol. The van der Waals surface area contributed by atoms with Gasteiger partial charge in [-0.05, 0) is 29.8 Å². The molecule has 3 N–H and O–H groups in total. The molecule has 1 aromatic carbocycles. The number of aromatic nitrogens is 1. The van der Waals surface area contributed by atoms with Crippen LogP contribution in [0, 0.1) is 5.82 Å². The quantitative estimate of drug-likeness (QED) is 0.650. The van der Waals surface area contributed by atoms with Crippen LogP contribution < -0.4 is 14.3 Å². The number of rotatable bonds is 4. The van der Waals surface area contributed by atoms with E-state index >= 15 is 0 Å². The van der Waals surface area contributed by atoms with Crippen LogP contribution in [-0.2, 0) is 27.7 Å². The number of halogens is 4. The van der Waals surface area contributed by atoms with E-state index in [9.17, 15) is 35.9 Å². The summed E-state index contributed by atoms with van der Waals surface area (Å²) in [4.78, 5) is 14.9. The number of aromatic hydroxyl groups is 1. The van der Waals surface area contributed by atoms with Gasteiger partial charge in [-0.2, -0.15) is 21.6 Å². The third-order valence-electron chi connectivity index (χ3n) is 3.75. The van der Waals surface area contributed by atoms with Crippen LogP contribution in [0.25, 0.3) is 0 Å². The van der Waals surface area contributed by atoms with E-state index < -0.39 is 57.5 Å². The van der Waals surface area contributed by atoms with E-state index in [2.05, 4.69) is 10.3 Å². The first-order valence-corrected chi connectivity index (χ1v) is 9.04. The van der Waals surface area contributed by atoms with Gasteiger partial charge in [-0.1, -0.05) is 0 Å². The molecule has 2 heterocycles. The second-order valence-electron chi connectivity index (χ2n) is 5.73. The Morgan fingerprint density at radius 1 is 1.32 bits per heavy atom. The van der Waals surface area contributed by atoms with Gasteiger partial charge in [-0.3, -0.25) is 4.79 Å². The number of amides is 1. The van der Waals surface area contributed by atoms with Crippen molar-refractivity contribution in [3.63, 3.8) is 0 Å². The molecule has 1 aliphatic rings. The van der Waals surface area contributed by atoms with Crippen LogP contribution in [0.5, 0.6) is 5.75 Å². The number of hydrogen-bond donors (Lipinski definition) is 3. The van der Waals surface area contributed by atoms with Crippen molar-refractivity contribution >= 4 is 27.6 Å². The van der Waals surface area contributed by atoms with Gasteiger partial charge in [0.05, 0.1) is 5.56 Å². The maximum Gasteiger partial charge on any atom is 0.419 e. The highest BCUT2D eigenvalue weighted by atomic mass is 32.2. The van der Waals surface area contributed by atoms with Gasteiger partial charge in [0.15, 0.2) is 5.82 Å². The molecule has 0 unspecified atom stereocenters. The van der Waals surface area contributed by atoms with Crippen molar-refractivity contribution in [3.05, 3.63) is 47.4 Å². The lowest BCUT2D eigenvalue weighted by molar-refractivity contribution is -0.137. The van der Waals surface area contributed by atoms with E-state index in [1.54, 1.807) is 4.72 Å². The van der Waals surface area contributed by atoms with E-state index in [0.29, 0.717) is 4.31 Å². The molecule has 1 aliphatic heterocycles. The van der Waals surface area contributed by atoms with Crippen molar-refractivity contribution in [1.29, 1.82) is 0 Å². The Balaban J connectivity index is 1.86. The zero-order valence-electron chi connectivity index (χ0n) is 13.8. The van der Waals surface area contributed by atoms with Crippen LogP contribution in [-0.4, -0.2) is 31.0 Å². The molecule has 1 amide bonds. The molecule has 0 aliphatic carbocycles. The number of carbonyl (C=O) groups is 1. The number of nitrogens with one attached hydrogen (secondary N) is 2. The molecular weight excluding hydrogens is 408 g/mol. The van der Waals surface area contributed by atoms with Crippen molar-refractivity contribution in [2.45, 2.75) is 12.7 Å². The summed E-state index contributed by atoms with van der Waals surface area (Å²) in [5.41, 5.74) is -1.74. The number of phenols is 1. The van der Waals surface area contributed by atoms with Gasteiger partial charge in [0, 0.05) is 12.7 Å². The van der Waals surface area contributed by atoms with Gasteiger partial charge < -0.3 is 10.4 Å². The van der Waals surface area contributed by atoms with Crippen LogP contribution >= 0.6 is 0 Å². The molecular formula is C15H12F4N4O4S. The van der Waals surface area contributed by atoms with Crippen molar-refractivity contribution in [3.8, 4) is 5.75 Å². The highest BCUT2D eigenvalue weighted by molar-refractivity contribution is 7.92. The Labute approximate surface area is 156 Å². The van der Waals surface area contributed by atoms with E-state index in [0.717, 1.165) is 30.5 Å². The number of pyridine rings is 1. The highest BCUT2D eigenvalue weighted by Gasteiger charge is 2.37. The Hall–Kier alpha value is -3.09. The minimum absolute atomic E-state index is 0.0217. The maximum atomic E-state index is 14.4. The number of nitrogens with zero attached hydrogens (tertiary/aromatic N) is 2. The summed E-state index contributed by atoms with van der Waals surface area (Å²) in [6, 6.07) is 3.73. The molecule has 28 heavy (non-hydrogen) atoms. The lowest BCUT2D eigenvalue weighted by Gasteiger charge is -2.18. The lowest BCUT2D eigenvalue weighted by atomic mass is 10.1. The first kappa shape index (κ1) is 19.7. The Morgan fingerprint density at radius 2 is 2.04 bits per heavy atom. The maximum absolute atomic E-state index is 14.4. The van der Waals surface area contributed by atoms with Gasteiger partial charge in [0.25, 0.3) is 5.91 Å². The highest BCUT2D eigenvalue weighted by Crippen LogP contribution is 2.36. The molecule has 0 bridgehead atoms. The molecule has 13 heteroatoms. The summed E-state index contributed by atoms with van der Waals surface area (Å²) in [7, 11) is -4.34. The second kappa shape index (κ2) is 6.82. The summed E-state index contributed by atoms with van der Waals surface area (Å²) >= 11 is 0. The smallest absolute Gasteiger partial charge is 0.419 e. The Kier molecular flexibility index (Phi) is 4.79. The molecule has 8 nitrogen and oxygen atoms in total. The van der Waals surface area contributed by atoms with E-state index in [4.69, 9.17) is 0 Å².